The van der Waals surface area contributed by atoms with E-state index >= 15 is 0 Å². The van der Waals surface area contributed by atoms with Crippen molar-refractivity contribution in [1.82, 2.24) is 5.32 Å². The molecule has 29 heavy (non-hydrogen) atoms. The maximum Gasteiger partial charge on any atom is 0.249 e. The minimum absolute atomic E-state index is 0.0252. The second-order valence-electron chi connectivity index (χ2n) is 7.53. The topological polar surface area (TPSA) is 253 Å². The number of ether oxygens (including phenoxy) is 2. The van der Waals surface area contributed by atoms with E-state index in [-0.39, 0.29) is 25.9 Å². The predicted molar refractivity (Wildman–Crippen MR) is 98.8 cm³/mol. The van der Waals surface area contributed by atoms with Crippen molar-refractivity contribution in [3.63, 3.8) is 0 Å². The number of carbonyl (C=O) groups is 1. The summed E-state index contributed by atoms with van der Waals surface area (Å²) in [7, 11) is 0. The van der Waals surface area contributed by atoms with Crippen LogP contribution in [0.2, 0.25) is 0 Å². The van der Waals surface area contributed by atoms with Crippen LogP contribution in [0.25, 0.3) is 0 Å². The first kappa shape index (κ1) is 24.3. The first-order chi connectivity index (χ1) is 13.6. The number of nitrogens with two attached hydrogens (primary N) is 4. The average molecular weight is 423 g/mol. The molecule has 0 aromatic rings. The Morgan fingerprint density at radius 2 is 1.76 bits per heavy atom. The van der Waals surface area contributed by atoms with Gasteiger partial charge in [0, 0.05) is 12.6 Å². The van der Waals surface area contributed by atoms with Crippen molar-refractivity contribution in [3.8, 4) is 0 Å². The minimum atomic E-state index is -1.52. The number of aliphatic hydroxyl groups excluding tert-OH is 5. The Balaban J connectivity index is 2.02. The highest BCUT2D eigenvalue weighted by atomic mass is 16.7. The highest BCUT2D eigenvalue weighted by Crippen LogP contribution is 2.27. The molecule has 13 heteroatoms. The van der Waals surface area contributed by atoms with Gasteiger partial charge >= 0.3 is 0 Å². The van der Waals surface area contributed by atoms with Gasteiger partial charge in [-0.2, -0.15) is 0 Å². The van der Waals surface area contributed by atoms with Crippen molar-refractivity contribution < 1.29 is 39.8 Å². The molecule has 0 aromatic heterocycles. The number of hydrogen-bond acceptors (Lipinski definition) is 12. The zero-order chi connectivity index (χ0) is 21.9. The van der Waals surface area contributed by atoms with Crippen LogP contribution in [0.3, 0.4) is 0 Å². The van der Waals surface area contributed by atoms with E-state index in [1.54, 1.807) is 0 Å². The van der Waals surface area contributed by atoms with Gasteiger partial charge in [-0.25, -0.2) is 0 Å². The van der Waals surface area contributed by atoms with E-state index in [1.165, 1.54) is 0 Å². The lowest BCUT2D eigenvalue weighted by Gasteiger charge is -2.46. The first-order valence-corrected chi connectivity index (χ1v) is 9.55. The van der Waals surface area contributed by atoms with Gasteiger partial charge in [-0.05, 0) is 19.4 Å². The van der Waals surface area contributed by atoms with Gasteiger partial charge in [0.25, 0.3) is 0 Å². The summed E-state index contributed by atoms with van der Waals surface area (Å²) >= 11 is 0. The van der Waals surface area contributed by atoms with E-state index in [4.69, 9.17) is 32.4 Å². The number of nitrogens with one attached hydrogen (secondary N) is 1. The Bertz CT molecular complexity index is 543. The largest absolute Gasteiger partial charge is 0.388 e. The lowest BCUT2D eigenvalue weighted by molar-refractivity contribution is -0.288. The van der Waals surface area contributed by atoms with Gasteiger partial charge in [0.05, 0.1) is 12.1 Å². The maximum absolute atomic E-state index is 12.0. The van der Waals surface area contributed by atoms with Crippen molar-refractivity contribution in [1.29, 1.82) is 0 Å². The Kier molecular flexibility index (Phi) is 8.69. The molecule has 1 aliphatic heterocycles. The first-order valence-electron chi connectivity index (χ1n) is 9.55. The predicted octanol–water partition coefficient (Wildman–Crippen LogP) is -6.25. The summed E-state index contributed by atoms with van der Waals surface area (Å²) in [4.78, 5) is 12.0. The molecule has 11 atom stereocenters. The lowest BCUT2D eigenvalue weighted by Crippen LogP contribution is -2.68. The molecular formula is C16H33N5O8. The molecule has 0 radical (unpaired) electrons. The van der Waals surface area contributed by atoms with E-state index in [9.17, 15) is 30.3 Å². The van der Waals surface area contributed by atoms with Crippen LogP contribution in [-0.2, 0) is 14.3 Å². The molecule has 1 amide bonds. The molecule has 14 N–H and O–H groups in total. The summed E-state index contributed by atoms with van der Waals surface area (Å²) in [5.74, 6) is -0.737. The molecule has 0 spiro atoms. The minimum Gasteiger partial charge on any atom is -0.388 e. The fourth-order valence-corrected chi connectivity index (χ4v) is 3.57. The monoisotopic (exact) mass is 423 g/mol. The second-order valence-corrected chi connectivity index (χ2v) is 7.53. The lowest BCUT2D eigenvalue weighted by atomic mass is 9.84. The number of carbonyl (C=O) groups excluding carboxylic acids is 1. The number of rotatable bonds is 7. The van der Waals surface area contributed by atoms with Crippen molar-refractivity contribution in [2.75, 3.05) is 13.1 Å². The Morgan fingerprint density at radius 3 is 2.34 bits per heavy atom. The molecule has 0 unspecified atom stereocenters. The van der Waals surface area contributed by atoms with Crippen LogP contribution >= 0.6 is 0 Å². The summed E-state index contributed by atoms with van der Waals surface area (Å²) in [5.41, 5.74) is 22.7. The summed E-state index contributed by atoms with van der Waals surface area (Å²) in [6.45, 7) is -0.00220. The third-order valence-electron chi connectivity index (χ3n) is 5.39. The van der Waals surface area contributed by atoms with E-state index in [1.807, 2.05) is 0 Å². The number of hydrogen-bond donors (Lipinski definition) is 10. The van der Waals surface area contributed by atoms with Crippen LogP contribution in [-0.4, -0.2) is 112 Å². The van der Waals surface area contributed by atoms with E-state index in [0.717, 1.165) is 0 Å². The molecule has 0 aromatic carbocycles. The fourth-order valence-electron chi connectivity index (χ4n) is 3.57. The molecule has 1 aliphatic carbocycles. The van der Waals surface area contributed by atoms with Gasteiger partial charge < -0.3 is 63.3 Å². The fraction of sp³-hybridized carbons (Fsp3) is 0.938. The average Bonchev–Trinajstić information content (AvgIpc) is 2.69. The van der Waals surface area contributed by atoms with Gasteiger partial charge in [-0.15, -0.1) is 0 Å². The van der Waals surface area contributed by atoms with Crippen molar-refractivity contribution in [2.24, 2.45) is 22.9 Å². The molecule has 1 saturated heterocycles. The van der Waals surface area contributed by atoms with E-state index in [2.05, 4.69) is 5.32 Å². The number of amides is 1. The highest BCUT2D eigenvalue weighted by Gasteiger charge is 2.48. The zero-order valence-corrected chi connectivity index (χ0v) is 15.9. The standard InChI is InChI=1S/C16H33N5O8/c17-2-1-7(22)15(27)21-6-3-5(19)14(13(26)10(6)23)29-16-9(20)12(25)11(24)8(4-18)28-16/h5-14,16,22-26H,1-4,17-20H2,(H,21,27)/t5-,6+,7-,8+,9+,10-,11+,12+,13+,14+,16+/m0/s1. The molecule has 13 nitrogen and oxygen atoms in total. The van der Waals surface area contributed by atoms with Gasteiger partial charge in [0.2, 0.25) is 5.91 Å². The molecule has 1 saturated carbocycles. The van der Waals surface area contributed by atoms with Gasteiger partial charge in [0.1, 0.15) is 42.7 Å². The Labute approximate surface area is 167 Å². The summed E-state index contributed by atoms with van der Waals surface area (Å²) in [5, 5.41) is 52.9. The Hall–Kier alpha value is -0.970. The molecule has 2 aliphatic rings. The SMILES string of the molecule is NCC[C@H](O)C(=O)N[C@@H]1C[C@H](N)[C@@H](O[C@H]2O[C@H](CN)[C@@H](O)[C@H](O)[C@H]2N)[C@H](O)[C@H]1O. The second kappa shape index (κ2) is 10.4. The van der Waals surface area contributed by atoms with Crippen LogP contribution in [0.4, 0.5) is 0 Å². The Morgan fingerprint density at radius 1 is 1.10 bits per heavy atom. The normalized spacial score (nSPS) is 44.3. The van der Waals surface area contributed by atoms with Crippen LogP contribution in [0, 0.1) is 0 Å². The quantitative estimate of drug-likeness (QED) is 0.183. The molecular weight excluding hydrogens is 390 g/mol. The summed E-state index contributed by atoms with van der Waals surface area (Å²) < 4.78 is 11.1. The highest BCUT2D eigenvalue weighted by molar-refractivity contribution is 5.80. The smallest absolute Gasteiger partial charge is 0.249 e. The summed E-state index contributed by atoms with van der Waals surface area (Å²) in [6, 6.07) is -2.92. The third-order valence-corrected chi connectivity index (χ3v) is 5.39. The van der Waals surface area contributed by atoms with Crippen molar-refractivity contribution >= 4 is 5.91 Å². The summed E-state index contributed by atoms with van der Waals surface area (Å²) in [6.07, 6.45) is -10.2. The van der Waals surface area contributed by atoms with Crippen molar-refractivity contribution in [3.05, 3.63) is 0 Å². The van der Waals surface area contributed by atoms with Crippen LogP contribution in [0.5, 0.6) is 0 Å². The van der Waals surface area contributed by atoms with Crippen LogP contribution < -0.4 is 28.3 Å². The van der Waals surface area contributed by atoms with Gasteiger partial charge in [-0.3, -0.25) is 4.79 Å². The third kappa shape index (κ3) is 5.39. The zero-order valence-electron chi connectivity index (χ0n) is 15.9. The molecule has 170 valence electrons. The van der Waals surface area contributed by atoms with E-state index in [0.29, 0.717) is 0 Å². The van der Waals surface area contributed by atoms with E-state index < -0.39 is 73.1 Å². The number of aliphatic hydroxyl groups is 5. The van der Waals surface area contributed by atoms with Crippen LogP contribution in [0.15, 0.2) is 0 Å². The molecule has 1 heterocycles. The van der Waals surface area contributed by atoms with Crippen molar-refractivity contribution in [2.45, 2.75) is 80.0 Å². The molecule has 0 bridgehead atoms. The van der Waals surface area contributed by atoms with Crippen LogP contribution in [0.1, 0.15) is 12.8 Å². The maximum atomic E-state index is 12.0. The van der Waals surface area contributed by atoms with Gasteiger partial charge in [-0.1, -0.05) is 0 Å². The molecule has 2 fully saturated rings. The van der Waals surface area contributed by atoms with Gasteiger partial charge in [0.15, 0.2) is 6.29 Å². The molecule has 2 rings (SSSR count).